The van der Waals surface area contributed by atoms with Crippen molar-refractivity contribution >= 4 is 5.91 Å². The summed E-state index contributed by atoms with van der Waals surface area (Å²) in [5, 5.41) is 2.88. The van der Waals surface area contributed by atoms with Crippen LogP contribution in [-0.4, -0.2) is 23.0 Å². The van der Waals surface area contributed by atoms with Gasteiger partial charge in [-0.05, 0) is 30.7 Å². The molecule has 0 saturated heterocycles. The number of nitrogens with zero attached hydrogens (tertiary/aromatic N) is 1. The van der Waals surface area contributed by atoms with Crippen LogP contribution in [-0.2, 0) is 0 Å². The number of benzene rings is 2. The van der Waals surface area contributed by atoms with Crippen LogP contribution in [0.3, 0.4) is 0 Å². The minimum absolute atomic E-state index is 0.158. The molecule has 6 heteroatoms. The topological polar surface area (TPSA) is 84.1 Å². The molecule has 0 aliphatic rings. The maximum Gasteiger partial charge on any atom is 0.346 e. The van der Waals surface area contributed by atoms with Crippen LogP contribution in [0.5, 0.6) is 5.75 Å². The summed E-state index contributed by atoms with van der Waals surface area (Å²) in [5.74, 6) is 0.276. The summed E-state index contributed by atoms with van der Waals surface area (Å²) < 4.78 is 5.19. The molecule has 0 aliphatic carbocycles. The number of hydrogen-bond acceptors (Lipinski definition) is 4. The van der Waals surface area contributed by atoms with Gasteiger partial charge in [0.15, 0.2) is 0 Å². The van der Waals surface area contributed by atoms with Gasteiger partial charge in [0.2, 0.25) is 0 Å². The lowest BCUT2D eigenvalue weighted by molar-refractivity contribution is 0.0934. The summed E-state index contributed by atoms with van der Waals surface area (Å²) in [5.41, 5.74) is 1.66. The summed E-state index contributed by atoms with van der Waals surface area (Å²) in [6.07, 6.45) is 0. The first-order chi connectivity index (χ1) is 12.6. The zero-order valence-electron chi connectivity index (χ0n) is 14.5. The molecule has 2 aromatic carbocycles. The van der Waals surface area contributed by atoms with Crippen LogP contribution in [0.15, 0.2) is 65.5 Å². The quantitative estimate of drug-likeness (QED) is 0.742. The summed E-state index contributed by atoms with van der Waals surface area (Å²) in [7, 11) is 1.56. The van der Waals surface area contributed by atoms with Gasteiger partial charge in [-0.25, -0.2) is 4.79 Å². The summed E-state index contributed by atoms with van der Waals surface area (Å²) in [6.45, 7) is 1.88. The van der Waals surface area contributed by atoms with Crippen LogP contribution in [0.25, 0.3) is 11.3 Å². The van der Waals surface area contributed by atoms with E-state index in [0.717, 1.165) is 5.56 Å². The molecular weight excluding hydrogens is 330 g/mol. The summed E-state index contributed by atoms with van der Waals surface area (Å²) in [6, 6.07) is 18.1. The molecule has 3 rings (SSSR count). The average molecular weight is 349 g/mol. The number of nitrogens with one attached hydrogen (secondary N) is 2. The zero-order chi connectivity index (χ0) is 18.5. The SMILES string of the molecule is COc1cccc(-c2cc(C(=O)NC(C)c3ccccc3)[nH]c(=O)n2)c1. The molecule has 0 spiro atoms. The third kappa shape index (κ3) is 3.97. The van der Waals surface area contributed by atoms with Gasteiger partial charge in [0, 0.05) is 5.56 Å². The van der Waals surface area contributed by atoms with E-state index in [1.54, 1.807) is 37.4 Å². The van der Waals surface area contributed by atoms with E-state index in [-0.39, 0.29) is 17.6 Å². The Morgan fingerprint density at radius 1 is 1.12 bits per heavy atom. The van der Waals surface area contributed by atoms with Crippen molar-refractivity contribution in [2.45, 2.75) is 13.0 Å². The van der Waals surface area contributed by atoms with Crippen molar-refractivity contribution in [3.63, 3.8) is 0 Å². The van der Waals surface area contributed by atoms with Crippen LogP contribution in [0, 0.1) is 0 Å². The van der Waals surface area contributed by atoms with E-state index < -0.39 is 5.69 Å². The molecule has 6 nitrogen and oxygen atoms in total. The molecule has 0 aliphatic heterocycles. The van der Waals surface area contributed by atoms with Crippen LogP contribution >= 0.6 is 0 Å². The maximum atomic E-state index is 12.6. The Kier molecular flexibility index (Phi) is 5.12. The second kappa shape index (κ2) is 7.65. The first kappa shape index (κ1) is 17.4. The molecule has 26 heavy (non-hydrogen) atoms. The Bertz CT molecular complexity index is 967. The second-order valence-corrected chi connectivity index (χ2v) is 5.82. The Morgan fingerprint density at radius 3 is 2.62 bits per heavy atom. The molecule has 132 valence electrons. The van der Waals surface area contributed by atoms with Crippen molar-refractivity contribution in [3.05, 3.63) is 82.4 Å². The van der Waals surface area contributed by atoms with Crippen molar-refractivity contribution in [1.82, 2.24) is 15.3 Å². The zero-order valence-corrected chi connectivity index (χ0v) is 14.5. The molecule has 0 saturated carbocycles. The smallest absolute Gasteiger partial charge is 0.346 e. The lowest BCUT2D eigenvalue weighted by Crippen LogP contribution is -2.29. The number of methoxy groups -OCH3 is 1. The van der Waals surface area contributed by atoms with Crippen molar-refractivity contribution in [2.24, 2.45) is 0 Å². The first-order valence-corrected chi connectivity index (χ1v) is 8.18. The third-order valence-electron chi connectivity index (χ3n) is 4.00. The molecule has 1 unspecified atom stereocenters. The first-order valence-electron chi connectivity index (χ1n) is 8.18. The number of ether oxygens (including phenoxy) is 1. The van der Waals surface area contributed by atoms with E-state index >= 15 is 0 Å². The molecular formula is C20H19N3O3. The van der Waals surface area contributed by atoms with E-state index in [4.69, 9.17) is 4.74 Å². The number of aromatic amines is 1. The number of amides is 1. The summed E-state index contributed by atoms with van der Waals surface area (Å²) in [4.78, 5) is 30.9. The fraction of sp³-hybridized carbons (Fsp3) is 0.150. The van der Waals surface area contributed by atoms with Crippen LogP contribution in [0.1, 0.15) is 29.0 Å². The second-order valence-electron chi connectivity index (χ2n) is 5.82. The van der Waals surface area contributed by atoms with Crippen LogP contribution < -0.4 is 15.7 Å². The predicted molar refractivity (Wildman–Crippen MR) is 99.2 cm³/mol. The molecule has 1 aromatic heterocycles. The van der Waals surface area contributed by atoms with Gasteiger partial charge in [-0.15, -0.1) is 0 Å². The van der Waals surface area contributed by atoms with Gasteiger partial charge in [0.25, 0.3) is 5.91 Å². The molecule has 1 amide bonds. The monoisotopic (exact) mass is 349 g/mol. The molecule has 1 heterocycles. The van der Waals surface area contributed by atoms with Gasteiger partial charge >= 0.3 is 5.69 Å². The van der Waals surface area contributed by atoms with Crippen LogP contribution in [0.4, 0.5) is 0 Å². The number of carbonyl (C=O) groups excluding carboxylic acids is 1. The number of hydrogen-bond donors (Lipinski definition) is 2. The Balaban J connectivity index is 1.87. The van der Waals surface area contributed by atoms with Gasteiger partial charge in [-0.2, -0.15) is 4.98 Å². The van der Waals surface area contributed by atoms with Crippen molar-refractivity contribution in [1.29, 1.82) is 0 Å². The largest absolute Gasteiger partial charge is 0.497 e. The van der Waals surface area contributed by atoms with Gasteiger partial charge in [0.1, 0.15) is 11.4 Å². The van der Waals surface area contributed by atoms with E-state index in [2.05, 4.69) is 15.3 Å². The Labute approximate surface area is 150 Å². The van der Waals surface area contributed by atoms with Crippen molar-refractivity contribution in [2.75, 3.05) is 7.11 Å². The normalized spacial score (nSPS) is 11.6. The van der Waals surface area contributed by atoms with Gasteiger partial charge in [-0.3, -0.25) is 4.79 Å². The van der Waals surface area contributed by atoms with Crippen LogP contribution in [0.2, 0.25) is 0 Å². The Hall–Kier alpha value is -3.41. The van der Waals surface area contributed by atoms with Gasteiger partial charge < -0.3 is 15.0 Å². The predicted octanol–water partition coefficient (Wildman–Crippen LogP) is 2.94. The minimum Gasteiger partial charge on any atom is -0.497 e. The number of rotatable bonds is 5. The average Bonchev–Trinajstić information content (AvgIpc) is 2.68. The van der Waals surface area contributed by atoms with E-state index in [0.29, 0.717) is 17.0 Å². The fourth-order valence-corrected chi connectivity index (χ4v) is 2.61. The fourth-order valence-electron chi connectivity index (χ4n) is 2.61. The molecule has 0 bridgehead atoms. The number of aromatic nitrogens is 2. The van der Waals surface area contributed by atoms with Gasteiger partial charge in [-0.1, -0.05) is 42.5 Å². The highest BCUT2D eigenvalue weighted by atomic mass is 16.5. The van der Waals surface area contributed by atoms with Crippen molar-refractivity contribution in [3.8, 4) is 17.0 Å². The highest BCUT2D eigenvalue weighted by Gasteiger charge is 2.14. The highest BCUT2D eigenvalue weighted by Crippen LogP contribution is 2.21. The number of H-pyrrole nitrogens is 1. The molecule has 0 fully saturated rings. The number of carbonyl (C=O) groups is 1. The standard InChI is InChI=1S/C20H19N3O3/c1-13(14-7-4-3-5-8-14)21-19(24)18-12-17(22-20(25)23-18)15-9-6-10-16(11-15)26-2/h3-13H,1-2H3,(H,21,24)(H,22,23,25). The van der Waals surface area contributed by atoms with E-state index in [9.17, 15) is 9.59 Å². The summed E-state index contributed by atoms with van der Waals surface area (Å²) >= 11 is 0. The third-order valence-corrected chi connectivity index (χ3v) is 4.00. The lowest BCUT2D eigenvalue weighted by Gasteiger charge is -2.14. The molecule has 3 aromatic rings. The molecule has 2 N–H and O–H groups in total. The lowest BCUT2D eigenvalue weighted by atomic mass is 10.1. The minimum atomic E-state index is -0.581. The maximum absolute atomic E-state index is 12.6. The highest BCUT2D eigenvalue weighted by molar-refractivity contribution is 5.93. The van der Waals surface area contributed by atoms with E-state index in [1.165, 1.54) is 0 Å². The molecule has 0 radical (unpaired) electrons. The Morgan fingerprint density at radius 2 is 1.88 bits per heavy atom. The van der Waals surface area contributed by atoms with E-state index in [1.807, 2.05) is 37.3 Å². The van der Waals surface area contributed by atoms with Crippen molar-refractivity contribution < 1.29 is 9.53 Å². The van der Waals surface area contributed by atoms with Gasteiger partial charge in [0.05, 0.1) is 18.8 Å². The molecule has 1 atom stereocenters.